The highest BCUT2D eigenvalue weighted by Crippen LogP contribution is 2.32. The third-order valence-electron chi connectivity index (χ3n) is 2.65. The summed E-state index contributed by atoms with van der Waals surface area (Å²) in [6, 6.07) is 6.77. The predicted molar refractivity (Wildman–Crippen MR) is 63.8 cm³/mol. The average molecular weight is 283 g/mol. The zero-order valence-electron chi connectivity index (χ0n) is 10.3. The number of hydrogen-bond donors (Lipinski definition) is 0. The number of pyridine rings is 1. The van der Waals surface area contributed by atoms with Crippen LogP contribution in [0.5, 0.6) is 0 Å². The highest BCUT2D eigenvalue weighted by Gasteiger charge is 2.34. The second-order valence-corrected chi connectivity index (χ2v) is 4.19. The standard InChI is InChI=1S/C14H9F4NO/c1-8-3-2-4-12(19-8)13(20)9-5-6-11(15)10(7-9)14(16,17)18/h2-7H,1H3. The number of carbonyl (C=O) groups excluding carboxylic acids is 1. The molecule has 0 aliphatic heterocycles. The van der Waals surface area contributed by atoms with E-state index in [-0.39, 0.29) is 11.3 Å². The summed E-state index contributed by atoms with van der Waals surface area (Å²) < 4.78 is 50.9. The SMILES string of the molecule is Cc1cccc(C(=O)c2ccc(F)c(C(F)(F)F)c2)n1. The topological polar surface area (TPSA) is 30.0 Å². The summed E-state index contributed by atoms with van der Waals surface area (Å²) in [5, 5.41) is 0. The molecule has 1 heterocycles. The zero-order chi connectivity index (χ0) is 14.9. The van der Waals surface area contributed by atoms with Crippen LogP contribution in [0.4, 0.5) is 17.6 Å². The summed E-state index contributed by atoms with van der Waals surface area (Å²) in [7, 11) is 0. The van der Waals surface area contributed by atoms with Gasteiger partial charge in [0.15, 0.2) is 0 Å². The van der Waals surface area contributed by atoms with Crippen molar-refractivity contribution in [3.63, 3.8) is 0 Å². The van der Waals surface area contributed by atoms with E-state index in [2.05, 4.69) is 4.98 Å². The number of ketones is 1. The van der Waals surface area contributed by atoms with Gasteiger partial charge in [-0.05, 0) is 37.3 Å². The third kappa shape index (κ3) is 2.84. The number of nitrogens with zero attached hydrogens (tertiary/aromatic N) is 1. The Bertz CT molecular complexity index is 664. The van der Waals surface area contributed by atoms with E-state index in [0.29, 0.717) is 17.8 Å². The first-order chi connectivity index (χ1) is 9.29. The van der Waals surface area contributed by atoms with Gasteiger partial charge in [0.25, 0.3) is 0 Å². The van der Waals surface area contributed by atoms with E-state index in [0.717, 1.165) is 6.07 Å². The van der Waals surface area contributed by atoms with Crippen molar-refractivity contribution < 1.29 is 22.4 Å². The molecule has 0 N–H and O–H groups in total. The lowest BCUT2D eigenvalue weighted by molar-refractivity contribution is -0.140. The minimum absolute atomic E-state index is 0.0183. The summed E-state index contributed by atoms with van der Waals surface area (Å²) in [6.45, 7) is 1.66. The van der Waals surface area contributed by atoms with E-state index in [4.69, 9.17) is 0 Å². The van der Waals surface area contributed by atoms with Crippen molar-refractivity contribution in [2.75, 3.05) is 0 Å². The second-order valence-electron chi connectivity index (χ2n) is 4.19. The molecule has 0 amide bonds. The maximum atomic E-state index is 13.1. The molecule has 2 aromatic rings. The quantitative estimate of drug-likeness (QED) is 0.620. The average Bonchev–Trinajstić information content (AvgIpc) is 2.37. The Morgan fingerprint density at radius 1 is 1.15 bits per heavy atom. The van der Waals surface area contributed by atoms with E-state index in [1.807, 2.05) is 0 Å². The molecule has 20 heavy (non-hydrogen) atoms. The number of benzene rings is 1. The Kier molecular flexibility index (Phi) is 3.57. The molecule has 104 valence electrons. The van der Waals surface area contributed by atoms with E-state index >= 15 is 0 Å². The molecular weight excluding hydrogens is 274 g/mol. The van der Waals surface area contributed by atoms with Gasteiger partial charge < -0.3 is 0 Å². The number of carbonyl (C=O) groups is 1. The molecular formula is C14H9F4NO. The Morgan fingerprint density at radius 2 is 1.85 bits per heavy atom. The van der Waals surface area contributed by atoms with Gasteiger partial charge in [0.05, 0.1) is 5.56 Å². The van der Waals surface area contributed by atoms with Crippen molar-refractivity contribution in [2.24, 2.45) is 0 Å². The van der Waals surface area contributed by atoms with E-state index < -0.39 is 23.3 Å². The summed E-state index contributed by atoms with van der Waals surface area (Å²) >= 11 is 0. The Labute approximate surface area is 112 Å². The van der Waals surface area contributed by atoms with Gasteiger partial charge in [0.2, 0.25) is 5.78 Å². The van der Waals surface area contributed by atoms with Crippen LogP contribution in [0.15, 0.2) is 36.4 Å². The largest absolute Gasteiger partial charge is 0.419 e. The zero-order valence-corrected chi connectivity index (χ0v) is 10.3. The maximum absolute atomic E-state index is 13.1. The van der Waals surface area contributed by atoms with Crippen molar-refractivity contribution in [3.05, 3.63) is 64.7 Å². The fourth-order valence-electron chi connectivity index (χ4n) is 1.70. The fraction of sp³-hybridized carbons (Fsp3) is 0.143. The van der Waals surface area contributed by atoms with Crippen molar-refractivity contribution in [1.82, 2.24) is 4.98 Å². The molecule has 1 aromatic heterocycles. The Hall–Kier alpha value is -2.24. The molecule has 0 aliphatic carbocycles. The first-order valence-electron chi connectivity index (χ1n) is 5.64. The minimum atomic E-state index is -4.85. The monoisotopic (exact) mass is 283 g/mol. The second kappa shape index (κ2) is 5.03. The van der Waals surface area contributed by atoms with E-state index in [1.54, 1.807) is 19.1 Å². The van der Waals surface area contributed by atoms with Gasteiger partial charge >= 0.3 is 6.18 Å². The number of aryl methyl sites for hydroxylation is 1. The molecule has 0 radical (unpaired) electrons. The van der Waals surface area contributed by atoms with Crippen LogP contribution >= 0.6 is 0 Å². The molecule has 0 saturated heterocycles. The molecule has 0 unspecified atom stereocenters. The van der Waals surface area contributed by atoms with Gasteiger partial charge in [-0.15, -0.1) is 0 Å². The molecule has 0 aliphatic rings. The van der Waals surface area contributed by atoms with Gasteiger partial charge in [-0.2, -0.15) is 13.2 Å². The van der Waals surface area contributed by atoms with Gasteiger partial charge in [0, 0.05) is 11.3 Å². The normalized spacial score (nSPS) is 11.4. The van der Waals surface area contributed by atoms with Crippen LogP contribution in [-0.4, -0.2) is 10.8 Å². The first kappa shape index (κ1) is 14.2. The molecule has 1 aromatic carbocycles. The lowest BCUT2D eigenvalue weighted by atomic mass is 10.0. The highest BCUT2D eigenvalue weighted by molar-refractivity contribution is 6.07. The molecule has 0 atom stereocenters. The molecule has 0 fully saturated rings. The molecule has 0 bridgehead atoms. The number of aromatic nitrogens is 1. The lowest BCUT2D eigenvalue weighted by Crippen LogP contribution is -2.11. The molecule has 0 saturated carbocycles. The van der Waals surface area contributed by atoms with Crippen LogP contribution in [0.3, 0.4) is 0 Å². The third-order valence-corrected chi connectivity index (χ3v) is 2.65. The van der Waals surface area contributed by atoms with Crippen LogP contribution < -0.4 is 0 Å². The van der Waals surface area contributed by atoms with E-state index in [9.17, 15) is 22.4 Å². The Balaban J connectivity index is 2.46. The fourth-order valence-corrected chi connectivity index (χ4v) is 1.70. The van der Waals surface area contributed by atoms with Gasteiger partial charge in [-0.1, -0.05) is 6.07 Å². The molecule has 2 rings (SSSR count). The summed E-state index contributed by atoms with van der Waals surface area (Å²) in [4.78, 5) is 16.0. The van der Waals surface area contributed by atoms with Crippen LogP contribution in [0.1, 0.15) is 27.3 Å². The van der Waals surface area contributed by atoms with Crippen LogP contribution in [0.2, 0.25) is 0 Å². The summed E-state index contributed by atoms with van der Waals surface area (Å²) in [5.74, 6) is -2.09. The van der Waals surface area contributed by atoms with Gasteiger partial charge in [0.1, 0.15) is 11.5 Å². The van der Waals surface area contributed by atoms with Crippen LogP contribution in [0.25, 0.3) is 0 Å². The van der Waals surface area contributed by atoms with Gasteiger partial charge in [-0.3, -0.25) is 4.79 Å². The minimum Gasteiger partial charge on any atom is -0.287 e. The van der Waals surface area contributed by atoms with Crippen LogP contribution in [0, 0.1) is 12.7 Å². The van der Waals surface area contributed by atoms with E-state index in [1.165, 1.54) is 6.07 Å². The molecule has 0 spiro atoms. The number of rotatable bonds is 2. The molecule has 6 heteroatoms. The van der Waals surface area contributed by atoms with Crippen molar-refractivity contribution in [3.8, 4) is 0 Å². The van der Waals surface area contributed by atoms with Crippen molar-refractivity contribution in [2.45, 2.75) is 13.1 Å². The predicted octanol–water partition coefficient (Wildman–Crippen LogP) is 3.78. The van der Waals surface area contributed by atoms with Crippen molar-refractivity contribution >= 4 is 5.78 Å². The Morgan fingerprint density at radius 3 is 2.45 bits per heavy atom. The van der Waals surface area contributed by atoms with Crippen LogP contribution in [-0.2, 0) is 6.18 Å². The van der Waals surface area contributed by atoms with Crippen molar-refractivity contribution in [1.29, 1.82) is 0 Å². The summed E-state index contributed by atoms with van der Waals surface area (Å²) in [6.07, 6.45) is -4.85. The van der Waals surface area contributed by atoms with Gasteiger partial charge in [-0.25, -0.2) is 9.37 Å². The first-order valence-corrected chi connectivity index (χ1v) is 5.64. The number of halogens is 4. The summed E-state index contributed by atoms with van der Waals surface area (Å²) in [5.41, 5.74) is -1.13. The maximum Gasteiger partial charge on any atom is 0.419 e. The lowest BCUT2D eigenvalue weighted by Gasteiger charge is -2.09. The molecule has 2 nitrogen and oxygen atoms in total. The number of alkyl halides is 3. The smallest absolute Gasteiger partial charge is 0.287 e. The highest BCUT2D eigenvalue weighted by atomic mass is 19.4. The number of hydrogen-bond acceptors (Lipinski definition) is 2.